The maximum atomic E-state index is 5.76. The van der Waals surface area contributed by atoms with Crippen molar-refractivity contribution in [3.63, 3.8) is 0 Å². The quantitative estimate of drug-likeness (QED) is 0.712. The summed E-state index contributed by atoms with van der Waals surface area (Å²) in [7, 11) is 0. The van der Waals surface area contributed by atoms with Gasteiger partial charge in [-0.2, -0.15) is 0 Å². The molecule has 21 heavy (non-hydrogen) atoms. The van der Waals surface area contributed by atoms with E-state index in [0.29, 0.717) is 6.61 Å². The SMILES string of the molecule is CCCCNCc1cnc(CCOc2cccc(C)c2)s1. The number of unbranched alkanes of at least 4 members (excludes halogenated alkanes) is 1. The molecular formula is C17H24N2OS. The third-order valence-electron chi connectivity index (χ3n) is 3.18. The molecule has 0 atom stereocenters. The van der Waals surface area contributed by atoms with E-state index in [2.05, 4.69) is 36.3 Å². The summed E-state index contributed by atoms with van der Waals surface area (Å²) in [5, 5.41) is 4.59. The molecule has 1 N–H and O–H groups in total. The molecule has 0 spiro atoms. The van der Waals surface area contributed by atoms with E-state index in [1.807, 2.05) is 18.3 Å². The summed E-state index contributed by atoms with van der Waals surface area (Å²) in [5.74, 6) is 0.938. The van der Waals surface area contributed by atoms with E-state index in [0.717, 1.165) is 30.3 Å². The largest absolute Gasteiger partial charge is 0.493 e. The van der Waals surface area contributed by atoms with Crippen molar-refractivity contribution in [2.75, 3.05) is 13.2 Å². The van der Waals surface area contributed by atoms with Crippen LogP contribution in [0, 0.1) is 6.92 Å². The van der Waals surface area contributed by atoms with Crippen molar-refractivity contribution in [1.82, 2.24) is 10.3 Å². The van der Waals surface area contributed by atoms with Crippen LogP contribution in [0.2, 0.25) is 0 Å². The number of thiazole rings is 1. The Hall–Kier alpha value is -1.39. The lowest BCUT2D eigenvalue weighted by molar-refractivity contribution is 0.321. The zero-order valence-corrected chi connectivity index (χ0v) is 13.7. The second kappa shape index (κ2) is 8.80. The summed E-state index contributed by atoms with van der Waals surface area (Å²) in [5.41, 5.74) is 1.22. The highest BCUT2D eigenvalue weighted by atomic mass is 32.1. The second-order valence-electron chi connectivity index (χ2n) is 5.17. The molecule has 0 saturated heterocycles. The number of hydrogen-bond acceptors (Lipinski definition) is 4. The van der Waals surface area contributed by atoms with Crippen molar-refractivity contribution in [2.24, 2.45) is 0 Å². The molecule has 4 heteroatoms. The van der Waals surface area contributed by atoms with Crippen LogP contribution in [0.25, 0.3) is 0 Å². The average Bonchev–Trinajstić information content (AvgIpc) is 2.92. The van der Waals surface area contributed by atoms with Gasteiger partial charge in [0, 0.05) is 24.0 Å². The number of rotatable bonds is 9. The standard InChI is InChI=1S/C17H24N2OS/c1-3-4-9-18-12-16-13-19-17(21-16)8-10-20-15-7-5-6-14(2)11-15/h5-7,11,13,18H,3-4,8-10,12H2,1-2H3. The fourth-order valence-electron chi connectivity index (χ4n) is 2.02. The highest BCUT2D eigenvalue weighted by Crippen LogP contribution is 2.15. The number of nitrogens with one attached hydrogen (secondary N) is 1. The summed E-state index contributed by atoms with van der Waals surface area (Å²) >= 11 is 1.78. The first kappa shape index (κ1) is 16.0. The van der Waals surface area contributed by atoms with E-state index in [-0.39, 0.29) is 0 Å². The summed E-state index contributed by atoms with van der Waals surface area (Å²) in [4.78, 5) is 5.76. The van der Waals surface area contributed by atoms with Crippen LogP contribution in [-0.2, 0) is 13.0 Å². The van der Waals surface area contributed by atoms with E-state index >= 15 is 0 Å². The van der Waals surface area contributed by atoms with Crippen molar-refractivity contribution >= 4 is 11.3 Å². The van der Waals surface area contributed by atoms with Gasteiger partial charge in [-0.05, 0) is 37.6 Å². The third kappa shape index (κ3) is 5.86. The molecule has 114 valence electrons. The summed E-state index contributed by atoms with van der Waals surface area (Å²) in [6.45, 7) is 6.97. The predicted octanol–water partition coefficient (Wildman–Crippen LogP) is 3.96. The number of aryl methyl sites for hydroxylation is 1. The first-order chi connectivity index (χ1) is 10.3. The fourth-order valence-corrected chi connectivity index (χ4v) is 2.89. The Morgan fingerprint density at radius 2 is 2.24 bits per heavy atom. The van der Waals surface area contributed by atoms with Crippen molar-refractivity contribution < 1.29 is 4.74 Å². The molecule has 0 bridgehead atoms. The van der Waals surface area contributed by atoms with E-state index < -0.39 is 0 Å². The van der Waals surface area contributed by atoms with Gasteiger partial charge in [-0.3, -0.25) is 0 Å². The molecule has 2 aromatic rings. The van der Waals surface area contributed by atoms with Gasteiger partial charge in [0.15, 0.2) is 0 Å². The molecule has 0 saturated carbocycles. The highest BCUT2D eigenvalue weighted by molar-refractivity contribution is 7.11. The van der Waals surface area contributed by atoms with Gasteiger partial charge in [0.2, 0.25) is 0 Å². The lowest BCUT2D eigenvalue weighted by atomic mass is 10.2. The highest BCUT2D eigenvalue weighted by Gasteiger charge is 2.02. The van der Waals surface area contributed by atoms with E-state index in [1.165, 1.54) is 23.3 Å². The van der Waals surface area contributed by atoms with Crippen molar-refractivity contribution in [3.8, 4) is 5.75 Å². The topological polar surface area (TPSA) is 34.2 Å². The normalized spacial score (nSPS) is 10.8. The number of nitrogens with zero attached hydrogens (tertiary/aromatic N) is 1. The van der Waals surface area contributed by atoms with Crippen LogP contribution in [0.3, 0.4) is 0 Å². The smallest absolute Gasteiger partial charge is 0.119 e. The van der Waals surface area contributed by atoms with Crippen LogP contribution in [0.15, 0.2) is 30.5 Å². The van der Waals surface area contributed by atoms with Gasteiger partial charge in [0.25, 0.3) is 0 Å². The summed E-state index contributed by atoms with van der Waals surface area (Å²) in [6, 6.07) is 8.16. The van der Waals surface area contributed by atoms with Crippen LogP contribution < -0.4 is 10.1 Å². The average molecular weight is 304 g/mol. The van der Waals surface area contributed by atoms with Crippen molar-refractivity contribution in [2.45, 2.75) is 39.7 Å². The zero-order valence-electron chi connectivity index (χ0n) is 12.9. The molecule has 0 aliphatic carbocycles. The Morgan fingerprint density at radius 1 is 1.33 bits per heavy atom. The molecule has 1 heterocycles. The molecular weight excluding hydrogens is 280 g/mol. The maximum Gasteiger partial charge on any atom is 0.119 e. The van der Waals surface area contributed by atoms with Crippen molar-refractivity contribution in [3.05, 3.63) is 45.9 Å². The third-order valence-corrected chi connectivity index (χ3v) is 4.24. The maximum absolute atomic E-state index is 5.76. The van der Waals surface area contributed by atoms with Crippen LogP contribution in [0.1, 0.15) is 35.2 Å². The monoisotopic (exact) mass is 304 g/mol. The molecule has 2 rings (SSSR count). The van der Waals surface area contributed by atoms with Gasteiger partial charge in [0.05, 0.1) is 11.6 Å². The zero-order chi connectivity index (χ0) is 14.9. The molecule has 1 aromatic heterocycles. The van der Waals surface area contributed by atoms with E-state index in [1.54, 1.807) is 11.3 Å². The van der Waals surface area contributed by atoms with Crippen LogP contribution in [-0.4, -0.2) is 18.1 Å². The Kier molecular flexibility index (Phi) is 6.70. The van der Waals surface area contributed by atoms with Gasteiger partial charge in [-0.25, -0.2) is 4.98 Å². The lowest BCUT2D eigenvalue weighted by Gasteiger charge is -2.05. The molecule has 0 radical (unpaired) electrons. The first-order valence-corrected chi connectivity index (χ1v) is 8.43. The van der Waals surface area contributed by atoms with Gasteiger partial charge >= 0.3 is 0 Å². The number of benzene rings is 1. The minimum atomic E-state index is 0.680. The number of aromatic nitrogens is 1. The molecule has 0 aliphatic rings. The Bertz CT molecular complexity index is 539. The summed E-state index contributed by atoms with van der Waals surface area (Å²) in [6.07, 6.45) is 5.31. The first-order valence-electron chi connectivity index (χ1n) is 7.61. The summed E-state index contributed by atoms with van der Waals surface area (Å²) < 4.78 is 5.76. The minimum Gasteiger partial charge on any atom is -0.493 e. The molecule has 0 unspecified atom stereocenters. The van der Waals surface area contributed by atoms with E-state index in [9.17, 15) is 0 Å². The van der Waals surface area contributed by atoms with Gasteiger partial charge < -0.3 is 10.1 Å². The van der Waals surface area contributed by atoms with Gasteiger partial charge in [-0.15, -0.1) is 11.3 Å². The molecule has 0 amide bonds. The Labute approximate surface area is 131 Å². The molecule has 0 aliphatic heterocycles. The second-order valence-corrected chi connectivity index (χ2v) is 6.37. The van der Waals surface area contributed by atoms with Crippen molar-refractivity contribution in [1.29, 1.82) is 0 Å². The number of ether oxygens (including phenoxy) is 1. The molecule has 1 aromatic carbocycles. The number of hydrogen-bond donors (Lipinski definition) is 1. The minimum absolute atomic E-state index is 0.680. The lowest BCUT2D eigenvalue weighted by Crippen LogP contribution is -2.13. The van der Waals surface area contributed by atoms with Gasteiger partial charge in [-0.1, -0.05) is 25.5 Å². The van der Waals surface area contributed by atoms with Crippen LogP contribution in [0.4, 0.5) is 0 Å². The predicted molar refractivity (Wildman–Crippen MR) is 89.1 cm³/mol. The van der Waals surface area contributed by atoms with Gasteiger partial charge in [0.1, 0.15) is 5.75 Å². The Morgan fingerprint density at radius 3 is 3.05 bits per heavy atom. The Balaban J connectivity index is 1.70. The molecule has 3 nitrogen and oxygen atoms in total. The van der Waals surface area contributed by atoms with Crippen LogP contribution in [0.5, 0.6) is 5.75 Å². The molecule has 0 fully saturated rings. The van der Waals surface area contributed by atoms with Crippen LogP contribution >= 0.6 is 11.3 Å². The van der Waals surface area contributed by atoms with E-state index in [4.69, 9.17) is 4.74 Å². The fraction of sp³-hybridized carbons (Fsp3) is 0.471.